The van der Waals surface area contributed by atoms with E-state index < -0.39 is 23.1 Å². The summed E-state index contributed by atoms with van der Waals surface area (Å²) < 4.78 is 0. The van der Waals surface area contributed by atoms with Crippen LogP contribution in [-0.4, -0.2) is 49.1 Å². The fourth-order valence-electron chi connectivity index (χ4n) is 2.05. The number of aliphatic hydroxyl groups is 2. The number of hydrogen-bond acceptors (Lipinski definition) is 5. The first-order chi connectivity index (χ1) is 16.1. The van der Waals surface area contributed by atoms with Crippen molar-refractivity contribution in [1.29, 1.82) is 0 Å². The van der Waals surface area contributed by atoms with Crippen molar-refractivity contribution in [2.24, 2.45) is 0 Å². The van der Waals surface area contributed by atoms with Crippen LogP contribution < -0.4 is 11.1 Å². The maximum atomic E-state index is 11.7. The highest BCUT2D eigenvalue weighted by Gasteiger charge is 2.29. The Morgan fingerprint density at radius 1 is 0.944 bits per heavy atom. The van der Waals surface area contributed by atoms with Crippen LogP contribution in [0.2, 0.25) is 0 Å². The Morgan fingerprint density at radius 2 is 1.39 bits per heavy atom. The molecule has 0 radical (unpaired) electrons. The van der Waals surface area contributed by atoms with Gasteiger partial charge in [-0.25, -0.2) is 14.5 Å². The number of nitrogens with zero attached hydrogens (tertiary/aromatic N) is 2. The van der Waals surface area contributed by atoms with Crippen molar-refractivity contribution < 1.29 is 24.9 Å². The molecule has 0 aliphatic carbocycles. The van der Waals surface area contributed by atoms with Crippen LogP contribution in [0.15, 0.2) is 36.4 Å². The molecule has 0 unspecified atom stereocenters. The molecule has 0 aliphatic rings. The Labute approximate surface area is 229 Å². The maximum Gasteiger partial charge on any atom is 0.336 e. The van der Waals surface area contributed by atoms with Crippen LogP contribution in [0.5, 0.6) is 0 Å². The van der Waals surface area contributed by atoms with E-state index in [2.05, 4.69) is 46.9 Å². The lowest BCUT2D eigenvalue weighted by Crippen LogP contribution is -2.41. The quantitative estimate of drug-likeness (QED) is 0.166. The van der Waals surface area contributed by atoms with E-state index in [0.29, 0.717) is 22.7 Å². The number of nitrogens with one attached hydrogen (secondary N) is 1. The predicted octanol–water partition coefficient (Wildman–Crippen LogP) is 5.61. The maximum absolute atomic E-state index is 11.7. The van der Waals surface area contributed by atoms with Crippen LogP contribution in [0.3, 0.4) is 0 Å². The molecule has 11 heteroatoms. The van der Waals surface area contributed by atoms with E-state index in [1.54, 1.807) is 43.3 Å². The van der Waals surface area contributed by atoms with Crippen molar-refractivity contribution in [2.75, 3.05) is 21.7 Å². The second kappa shape index (κ2) is 15.9. The third kappa shape index (κ3) is 11.6. The summed E-state index contributed by atoms with van der Waals surface area (Å²) in [6, 6.07) is 10.3. The number of halogens is 2. The van der Waals surface area contributed by atoms with Gasteiger partial charge in [-0.3, -0.25) is 4.79 Å². The summed E-state index contributed by atoms with van der Waals surface area (Å²) in [4.78, 5) is 28.3. The van der Waals surface area contributed by atoms with Gasteiger partial charge < -0.3 is 26.4 Å². The Hall–Kier alpha value is -2.96. The molecule has 196 valence electrons. The van der Waals surface area contributed by atoms with Gasteiger partial charge in [-0.1, -0.05) is 51.4 Å². The first kappa shape index (κ1) is 35.2. The van der Waals surface area contributed by atoms with Gasteiger partial charge in [-0.05, 0) is 63.1 Å². The normalized spacial score (nSPS) is 12.7. The van der Waals surface area contributed by atoms with Gasteiger partial charge in [-0.15, -0.1) is 0 Å². The van der Waals surface area contributed by atoms with Crippen LogP contribution in [-0.2, 0) is 9.59 Å². The number of alkyl halides is 2. The van der Waals surface area contributed by atoms with Crippen LogP contribution in [0.1, 0.15) is 32.4 Å². The van der Waals surface area contributed by atoms with Crippen molar-refractivity contribution in [2.45, 2.75) is 46.3 Å². The first-order valence-electron chi connectivity index (χ1n) is 9.98. The number of aliphatic carboxylic acids is 1. The van der Waals surface area contributed by atoms with Crippen molar-refractivity contribution in [1.82, 2.24) is 0 Å². The standard InChI is InChI=1S/C12H13BrN2O2.C8H8N2.C4H7BrO3.CH4/c1-8-6-9(4-5-10(8)14-3)15-11(16)12(2,17)7-13;1-6-5-7(9)3-4-8(6)10-2;1-4(8,2-5)3(6)7;/h4-6,17H,7H2,1-2H3,(H,15,16);3-5H,9H2,1H3;8H,2H2,1H3,(H,6,7);1H4/t12-;;4-;/m1.1./s1. The second-order valence-corrected chi connectivity index (χ2v) is 8.97. The van der Waals surface area contributed by atoms with Crippen LogP contribution >= 0.6 is 31.9 Å². The monoisotopic (exact) mass is 626 g/mol. The van der Waals surface area contributed by atoms with Gasteiger partial charge >= 0.3 is 5.97 Å². The molecule has 0 bridgehead atoms. The number of aryl methyl sites for hydroxylation is 2. The predicted molar refractivity (Wildman–Crippen MR) is 151 cm³/mol. The zero-order valence-electron chi connectivity index (χ0n) is 19.8. The number of hydrogen-bond donors (Lipinski definition) is 5. The fourth-order valence-corrected chi connectivity index (χ4v) is 2.54. The van der Waals surface area contributed by atoms with Gasteiger partial charge in [0.05, 0.1) is 13.1 Å². The van der Waals surface area contributed by atoms with Crippen LogP contribution in [0.4, 0.5) is 22.7 Å². The second-order valence-electron chi connectivity index (χ2n) is 7.85. The van der Waals surface area contributed by atoms with E-state index in [1.165, 1.54) is 13.8 Å². The summed E-state index contributed by atoms with van der Waals surface area (Å²) in [5, 5.41) is 29.4. The highest BCUT2D eigenvalue weighted by atomic mass is 79.9. The molecule has 0 aliphatic heterocycles. The Bertz CT molecular complexity index is 1120. The van der Waals surface area contributed by atoms with Gasteiger partial charge in [0.2, 0.25) is 0 Å². The number of anilines is 2. The number of carbonyl (C=O) groups excluding carboxylic acids is 1. The SMILES string of the molecule is C.C[C@@](O)(CBr)C(=O)O.[C-]#[N+]c1ccc(N)cc1C.[C-]#[N+]c1ccc(NC(=O)[C@](C)(O)CBr)cc1C. The lowest BCUT2D eigenvalue weighted by Gasteiger charge is -2.19. The third-order valence-electron chi connectivity index (χ3n) is 4.39. The van der Waals surface area contributed by atoms with Crippen LogP contribution in [0, 0.1) is 27.0 Å². The lowest BCUT2D eigenvalue weighted by atomic mass is 10.1. The third-order valence-corrected chi connectivity index (χ3v) is 6.57. The molecule has 2 aromatic carbocycles. The summed E-state index contributed by atoms with van der Waals surface area (Å²) in [6.45, 7) is 20.0. The van der Waals surface area contributed by atoms with Crippen molar-refractivity contribution in [3.05, 3.63) is 70.4 Å². The summed E-state index contributed by atoms with van der Waals surface area (Å²) in [5.41, 5.74) is 6.64. The Kier molecular flexibility index (Phi) is 15.6. The molecule has 0 heterocycles. The Balaban J connectivity index is 0. The van der Waals surface area contributed by atoms with Crippen molar-refractivity contribution in [3.8, 4) is 0 Å². The largest absolute Gasteiger partial charge is 0.479 e. The van der Waals surface area contributed by atoms with Crippen molar-refractivity contribution in [3.63, 3.8) is 0 Å². The van der Waals surface area contributed by atoms with Crippen molar-refractivity contribution >= 4 is 66.5 Å². The van der Waals surface area contributed by atoms with Gasteiger partial charge in [-0.2, -0.15) is 0 Å². The minimum atomic E-state index is -1.62. The van der Waals surface area contributed by atoms with E-state index >= 15 is 0 Å². The molecule has 0 fully saturated rings. The van der Waals surface area contributed by atoms with Gasteiger partial charge in [0.25, 0.3) is 5.91 Å². The number of carboxylic acids is 1. The number of nitrogen functional groups attached to an aromatic ring is 1. The summed E-state index contributed by atoms with van der Waals surface area (Å²) in [6.07, 6.45) is 0. The minimum absolute atomic E-state index is 0. The van der Waals surface area contributed by atoms with Gasteiger partial charge in [0.15, 0.2) is 17.0 Å². The number of rotatable bonds is 5. The van der Waals surface area contributed by atoms with E-state index in [1.807, 2.05) is 6.92 Å². The van der Waals surface area contributed by atoms with E-state index in [4.69, 9.17) is 29.1 Å². The molecular weight excluding hydrogens is 596 g/mol. The molecule has 9 nitrogen and oxygen atoms in total. The van der Waals surface area contributed by atoms with Gasteiger partial charge in [0, 0.05) is 22.0 Å². The number of nitrogens with two attached hydrogens (primary N) is 1. The van der Waals surface area contributed by atoms with E-state index in [9.17, 15) is 14.7 Å². The highest BCUT2D eigenvalue weighted by molar-refractivity contribution is 9.09. The van der Waals surface area contributed by atoms with E-state index in [-0.39, 0.29) is 18.1 Å². The molecule has 2 aromatic rings. The molecule has 6 N–H and O–H groups in total. The summed E-state index contributed by atoms with van der Waals surface area (Å²) in [5.74, 6) is -1.70. The van der Waals surface area contributed by atoms with E-state index in [0.717, 1.165) is 11.1 Å². The average molecular weight is 628 g/mol. The molecule has 2 rings (SSSR count). The first-order valence-corrected chi connectivity index (χ1v) is 12.2. The minimum Gasteiger partial charge on any atom is -0.479 e. The molecular formula is C25H32Br2N4O5. The smallest absolute Gasteiger partial charge is 0.336 e. The number of carbonyl (C=O) groups is 2. The molecule has 36 heavy (non-hydrogen) atoms. The summed E-state index contributed by atoms with van der Waals surface area (Å²) in [7, 11) is 0. The highest BCUT2D eigenvalue weighted by Crippen LogP contribution is 2.23. The van der Waals surface area contributed by atoms with Crippen LogP contribution in [0.25, 0.3) is 9.69 Å². The zero-order valence-corrected chi connectivity index (χ0v) is 22.9. The van der Waals surface area contributed by atoms with Gasteiger partial charge in [0.1, 0.15) is 5.60 Å². The Morgan fingerprint density at radius 3 is 1.72 bits per heavy atom. The topological polar surface area (TPSA) is 142 Å². The number of benzene rings is 2. The lowest BCUT2D eigenvalue weighted by molar-refractivity contribution is -0.154. The molecule has 0 saturated carbocycles. The molecule has 2 atom stereocenters. The average Bonchev–Trinajstić information content (AvgIpc) is 2.80. The molecule has 0 aromatic heterocycles. The molecule has 1 amide bonds. The summed E-state index contributed by atoms with van der Waals surface area (Å²) >= 11 is 5.91. The molecule has 0 spiro atoms. The number of carboxylic acid groups (broad SMARTS) is 1. The zero-order chi connectivity index (χ0) is 27.4. The fraction of sp³-hybridized carbons (Fsp3) is 0.360. The molecule has 0 saturated heterocycles. The number of amides is 1.